The third-order valence-corrected chi connectivity index (χ3v) is 2.73. The fourth-order valence-corrected chi connectivity index (χ4v) is 2.07. The normalized spacial score (nSPS) is 31.0. The largest absolute Gasteiger partial charge is 0.399 e. The number of nitrogens with one attached hydrogen (secondary N) is 1. The molecule has 2 aliphatic heterocycles. The lowest BCUT2D eigenvalue weighted by Gasteiger charge is -2.38. The Morgan fingerprint density at radius 2 is 2.33 bits per heavy atom. The summed E-state index contributed by atoms with van der Waals surface area (Å²) in [7, 11) is 3.74. The van der Waals surface area contributed by atoms with Gasteiger partial charge in [-0.2, -0.15) is 0 Å². The second-order valence-electron chi connectivity index (χ2n) is 3.78. The Morgan fingerprint density at radius 3 is 2.83 bits per heavy atom. The van der Waals surface area contributed by atoms with E-state index < -0.39 is 0 Å². The van der Waals surface area contributed by atoms with E-state index in [1.165, 1.54) is 5.71 Å². The standard InChI is InChI=1S/C8H15N3O/c1-11-3-7(10-12-2)8(6-11)4-9-5-8/h9H,3-6H2,1-2H3. The summed E-state index contributed by atoms with van der Waals surface area (Å²) in [5.41, 5.74) is 1.50. The van der Waals surface area contributed by atoms with Crippen molar-refractivity contribution in [1.29, 1.82) is 0 Å². The van der Waals surface area contributed by atoms with Gasteiger partial charge in [0.05, 0.1) is 11.1 Å². The molecule has 0 aromatic heterocycles. The Kier molecular flexibility index (Phi) is 1.81. The van der Waals surface area contributed by atoms with Crippen molar-refractivity contribution in [1.82, 2.24) is 10.2 Å². The highest BCUT2D eigenvalue weighted by atomic mass is 16.6. The molecule has 4 heteroatoms. The van der Waals surface area contributed by atoms with E-state index in [-0.39, 0.29) is 0 Å². The van der Waals surface area contributed by atoms with Crippen molar-refractivity contribution in [3.05, 3.63) is 0 Å². The van der Waals surface area contributed by atoms with Gasteiger partial charge in [-0.1, -0.05) is 5.16 Å². The first-order valence-electron chi connectivity index (χ1n) is 4.27. The van der Waals surface area contributed by atoms with E-state index in [0.717, 1.165) is 26.2 Å². The summed E-state index contributed by atoms with van der Waals surface area (Å²) in [5, 5.41) is 7.37. The SMILES string of the molecule is CON=C1CN(C)CC12CNC2. The summed E-state index contributed by atoms with van der Waals surface area (Å²) in [6, 6.07) is 0. The number of hydrogen-bond donors (Lipinski definition) is 1. The zero-order chi connectivity index (χ0) is 8.60. The van der Waals surface area contributed by atoms with Crippen molar-refractivity contribution >= 4 is 5.71 Å². The Bertz CT molecular complexity index is 210. The highest BCUT2D eigenvalue weighted by molar-refractivity contribution is 5.95. The van der Waals surface area contributed by atoms with Crippen molar-refractivity contribution in [3.8, 4) is 0 Å². The van der Waals surface area contributed by atoms with Crippen LogP contribution in [0, 0.1) is 5.41 Å². The van der Waals surface area contributed by atoms with Crippen molar-refractivity contribution in [3.63, 3.8) is 0 Å². The molecule has 2 aliphatic rings. The fourth-order valence-electron chi connectivity index (χ4n) is 2.07. The Morgan fingerprint density at radius 1 is 1.58 bits per heavy atom. The Labute approximate surface area is 72.6 Å². The number of hydrogen-bond acceptors (Lipinski definition) is 4. The van der Waals surface area contributed by atoms with E-state index in [2.05, 4.69) is 22.4 Å². The predicted octanol–water partition coefficient (Wildman–Crippen LogP) is -0.476. The number of nitrogens with zero attached hydrogens (tertiary/aromatic N) is 2. The summed E-state index contributed by atoms with van der Waals surface area (Å²) in [6.07, 6.45) is 0. The van der Waals surface area contributed by atoms with E-state index in [9.17, 15) is 0 Å². The molecule has 0 saturated carbocycles. The molecular formula is C8H15N3O. The highest BCUT2D eigenvalue weighted by Gasteiger charge is 2.47. The molecule has 1 N–H and O–H groups in total. The minimum absolute atomic E-state index is 0.296. The van der Waals surface area contributed by atoms with Gasteiger partial charge < -0.3 is 10.2 Å². The van der Waals surface area contributed by atoms with Gasteiger partial charge in [0.2, 0.25) is 0 Å². The molecule has 0 bridgehead atoms. The molecule has 2 rings (SSSR count). The summed E-state index contributed by atoms with van der Waals surface area (Å²) in [6.45, 7) is 4.18. The van der Waals surface area contributed by atoms with Crippen LogP contribution < -0.4 is 5.32 Å². The van der Waals surface area contributed by atoms with Crippen molar-refractivity contribution < 1.29 is 4.84 Å². The maximum atomic E-state index is 4.84. The maximum Gasteiger partial charge on any atom is 0.106 e. The van der Waals surface area contributed by atoms with Gasteiger partial charge in [-0.25, -0.2) is 0 Å². The summed E-state index contributed by atoms with van der Waals surface area (Å²) in [5.74, 6) is 0. The first-order valence-corrected chi connectivity index (χ1v) is 4.27. The van der Waals surface area contributed by atoms with Crippen LogP contribution >= 0.6 is 0 Å². The van der Waals surface area contributed by atoms with Crippen LogP contribution in [0.15, 0.2) is 5.16 Å². The molecule has 0 radical (unpaired) electrons. The number of rotatable bonds is 1. The van der Waals surface area contributed by atoms with Crippen molar-refractivity contribution in [2.24, 2.45) is 10.6 Å². The second-order valence-corrected chi connectivity index (χ2v) is 3.78. The van der Waals surface area contributed by atoms with Crippen LogP contribution in [-0.4, -0.2) is 50.9 Å². The molecule has 12 heavy (non-hydrogen) atoms. The first kappa shape index (κ1) is 8.01. The average molecular weight is 169 g/mol. The van der Waals surface area contributed by atoms with Gasteiger partial charge in [0.15, 0.2) is 0 Å². The monoisotopic (exact) mass is 169 g/mol. The fraction of sp³-hybridized carbons (Fsp3) is 0.875. The summed E-state index contributed by atoms with van der Waals surface area (Å²) < 4.78 is 0. The summed E-state index contributed by atoms with van der Waals surface area (Å²) >= 11 is 0. The molecule has 0 aromatic rings. The quantitative estimate of drug-likeness (QED) is 0.539. The molecule has 4 nitrogen and oxygen atoms in total. The first-order chi connectivity index (χ1) is 5.77. The zero-order valence-electron chi connectivity index (χ0n) is 7.63. The van der Waals surface area contributed by atoms with Gasteiger partial charge in [-0.05, 0) is 7.05 Å². The van der Waals surface area contributed by atoms with Gasteiger partial charge in [-0.15, -0.1) is 0 Å². The van der Waals surface area contributed by atoms with Crippen molar-refractivity contribution in [2.45, 2.75) is 0 Å². The van der Waals surface area contributed by atoms with Crippen LogP contribution in [0.1, 0.15) is 0 Å². The van der Waals surface area contributed by atoms with Gasteiger partial charge in [-0.3, -0.25) is 4.90 Å². The molecule has 2 fully saturated rings. The Balaban J connectivity index is 2.16. The van der Waals surface area contributed by atoms with Gasteiger partial charge in [0.1, 0.15) is 7.11 Å². The minimum Gasteiger partial charge on any atom is -0.399 e. The number of likely N-dealkylation sites (tertiary alicyclic amines) is 1. The lowest BCUT2D eigenvalue weighted by atomic mass is 9.79. The molecular weight excluding hydrogens is 154 g/mol. The second kappa shape index (κ2) is 2.71. The third kappa shape index (κ3) is 1.03. The highest BCUT2D eigenvalue weighted by Crippen LogP contribution is 2.31. The van der Waals surface area contributed by atoms with E-state index in [1.807, 2.05) is 0 Å². The van der Waals surface area contributed by atoms with E-state index in [4.69, 9.17) is 4.84 Å². The average Bonchev–Trinajstić information content (AvgIpc) is 2.27. The van der Waals surface area contributed by atoms with Crippen LogP contribution in [0.25, 0.3) is 0 Å². The molecule has 0 aliphatic carbocycles. The van der Waals surface area contributed by atoms with Gasteiger partial charge in [0.25, 0.3) is 0 Å². The van der Waals surface area contributed by atoms with E-state index in [1.54, 1.807) is 7.11 Å². The molecule has 2 saturated heterocycles. The molecule has 68 valence electrons. The van der Waals surface area contributed by atoms with Crippen LogP contribution in [0.2, 0.25) is 0 Å². The van der Waals surface area contributed by atoms with E-state index in [0.29, 0.717) is 5.41 Å². The van der Waals surface area contributed by atoms with Crippen LogP contribution in [0.3, 0.4) is 0 Å². The molecule has 1 spiro atoms. The predicted molar refractivity (Wildman–Crippen MR) is 47.2 cm³/mol. The smallest absolute Gasteiger partial charge is 0.106 e. The minimum atomic E-state index is 0.296. The topological polar surface area (TPSA) is 36.9 Å². The lowest BCUT2D eigenvalue weighted by molar-refractivity contribution is 0.195. The lowest BCUT2D eigenvalue weighted by Crippen LogP contribution is -2.58. The maximum absolute atomic E-state index is 4.84. The zero-order valence-corrected chi connectivity index (χ0v) is 7.63. The molecule has 0 unspecified atom stereocenters. The third-order valence-electron chi connectivity index (χ3n) is 2.73. The number of oxime groups is 1. The summed E-state index contributed by atoms with van der Waals surface area (Å²) in [4.78, 5) is 7.13. The van der Waals surface area contributed by atoms with Gasteiger partial charge >= 0.3 is 0 Å². The molecule has 2 heterocycles. The van der Waals surface area contributed by atoms with Crippen LogP contribution in [-0.2, 0) is 4.84 Å². The Hall–Kier alpha value is -0.610. The molecule has 0 aromatic carbocycles. The molecule has 0 amide bonds. The van der Waals surface area contributed by atoms with Crippen LogP contribution in [0.5, 0.6) is 0 Å². The van der Waals surface area contributed by atoms with Gasteiger partial charge in [0, 0.05) is 26.2 Å². The van der Waals surface area contributed by atoms with E-state index >= 15 is 0 Å². The van der Waals surface area contributed by atoms with Crippen LogP contribution in [0.4, 0.5) is 0 Å². The molecule has 0 atom stereocenters. The van der Waals surface area contributed by atoms with Crippen molar-refractivity contribution in [2.75, 3.05) is 40.3 Å².